The number of nitrogens with zero attached hydrogens (tertiary/aromatic N) is 1. The maximum atomic E-state index is 8.06. The quantitative estimate of drug-likeness (QED) is 0.144. The van der Waals surface area contributed by atoms with Crippen molar-refractivity contribution in [3.63, 3.8) is 0 Å². The van der Waals surface area contributed by atoms with Crippen LogP contribution in [0.1, 0.15) is 102 Å². The molecule has 1 aromatic carbocycles. The van der Waals surface area contributed by atoms with Crippen LogP contribution in [0.3, 0.4) is 0 Å². The summed E-state index contributed by atoms with van der Waals surface area (Å²) in [5.41, 5.74) is 1.46. The number of unbranched alkanes of at least 4 members (excludes halogenated alkanes) is 13. The highest BCUT2D eigenvalue weighted by molar-refractivity contribution is 7.00. The molecule has 0 unspecified atom stereocenters. The average molecular weight is 409 g/mol. The Morgan fingerprint density at radius 2 is 1.04 bits per heavy atom. The van der Waals surface area contributed by atoms with E-state index in [-0.39, 0.29) is 0 Å². The fourth-order valence-electron chi connectivity index (χ4n) is 3.89. The Morgan fingerprint density at radius 3 is 1.46 bits per heavy atom. The van der Waals surface area contributed by atoms with Crippen molar-refractivity contribution in [2.24, 2.45) is 0 Å². The maximum Gasteiger partial charge on any atom is 0.138 e. The molecule has 0 saturated heterocycles. The summed E-state index contributed by atoms with van der Waals surface area (Å²) in [5.74, 6) is 0. The third kappa shape index (κ3) is 17.4. The lowest BCUT2D eigenvalue weighted by Crippen LogP contribution is -2.39. The molecule has 0 atom stereocenters. The Labute approximate surface area is 178 Å². The molecule has 162 valence electrons. The van der Waals surface area contributed by atoms with Crippen molar-refractivity contribution in [3.05, 3.63) is 35.9 Å². The molecule has 0 fully saturated rings. The minimum absolute atomic E-state index is 1.11. The van der Waals surface area contributed by atoms with Gasteiger partial charge in [-0.3, -0.25) is 4.57 Å². The van der Waals surface area contributed by atoms with Gasteiger partial charge < -0.3 is 4.48 Å². The molecule has 0 spiro atoms. The smallest absolute Gasteiger partial charge is 0.138 e. The summed E-state index contributed by atoms with van der Waals surface area (Å²) in [7, 11) is 6.46. The van der Waals surface area contributed by atoms with E-state index < -0.39 is 0 Å². The van der Waals surface area contributed by atoms with Crippen LogP contribution in [0.2, 0.25) is 0 Å². The molecule has 0 aliphatic heterocycles. The van der Waals surface area contributed by atoms with Gasteiger partial charge in [-0.2, -0.15) is 0 Å². The standard InChI is InChI=1S/C25H46N.HOP/c1-4-5-6-7-8-9-10-11-12-13-14-15-16-20-23-26(2,3)24-25-21-18-17-19-22-25;1-2/h17-19,21-22H,4-16,20,23-24H2,1-3H3;2H/q+1;. The number of rotatable bonds is 17. The van der Waals surface area contributed by atoms with Crippen LogP contribution in [0.5, 0.6) is 0 Å². The maximum absolute atomic E-state index is 8.06. The molecule has 28 heavy (non-hydrogen) atoms. The predicted molar refractivity (Wildman–Crippen MR) is 126 cm³/mol. The summed E-state index contributed by atoms with van der Waals surface area (Å²) in [6, 6.07) is 10.9. The van der Waals surface area contributed by atoms with Crippen molar-refractivity contribution in [1.82, 2.24) is 0 Å². The lowest BCUT2D eigenvalue weighted by atomic mass is 10.0. The highest BCUT2D eigenvalue weighted by atomic mass is 31.0. The molecule has 3 heteroatoms. The molecule has 0 radical (unpaired) electrons. The molecule has 0 amide bonds. The van der Waals surface area contributed by atoms with E-state index in [2.05, 4.69) is 51.4 Å². The van der Waals surface area contributed by atoms with Gasteiger partial charge in [0.05, 0.1) is 20.6 Å². The molecule has 0 heterocycles. The van der Waals surface area contributed by atoms with Crippen LogP contribution in [-0.4, -0.2) is 25.1 Å². The molecule has 1 rings (SSSR count). The summed E-state index contributed by atoms with van der Waals surface area (Å²) in [4.78, 5) is 0. The SMILES string of the molecule is CCCCCCCCCCCCCCCC[N+](C)(C)Cc1ccccc1.O=P. The molecule has 0 aromatic heterocycles. The Bertz CT molecular complexity index is 435. The van der Waals surface area contributed by atoms with Crippen LogP contribution in [-0.2, 0) is 11.1 Å². The second-order valence-corrected chi connectivity index (χ2v) is 8.90. The molecule has 2 nitrogen and oxygen atoms in total. The molecule has 1 aromatic rings. The van der Waals surface area contributed by atoms with Gasteiger partial charge in [0.25, 0.3) is 0 Å². The van der Waals surface area contributed by atoms with Crippen molar-refractivity contribution in [2.45, 2.75) is 103 Å². The minimum Gasteiger partial charge on any atom is -0.325 e. The largest absolute Gasteiger partial charge is 0.325 e. The lowest BCUT2D eigenvalue weighted by Gasteiger charge is -2.30. The van der Waals surface area contributed by atoms with E-state index in [1.165, 1.54) is 102 Å². The molecular weight excluding hydrogens is 361 g/mol. The van der Waals surface area contributed by atoms with Crippen molar-refractivity contribution < 1.29 is 9.05 Å². The highest BCUT2D eigenvalue weighted by Gasteiger charge is 2.14. The molecule has 0 N–H and O–H groups in total. The highest BCUT2D eigenvalue weighted by Crippen LogP contribution is 2.14. The van der Waals surface area contributed by atoms with E-state index in [0.717, 1.165) is 11.0 Å². The van der Waals surface area contributed by atoms with Gasteiger partial charge in [-0.15, -0.1) is 0 Å². The van der Waals surface area contributed by atoms with E-state index in [4.69, 9.17) is 4.57 Å². The Morgan fingerprint density at radius 1 is 0.643 bits per heavy atom. The van der Waals surface area contributed by atoms with E-state index in [1.807, 2.05) is 0 Å². The van der Waals surface area contributed by atoms with Crippen molar-refractivity contribution in [3.8, 4) is 0 Å². The van der Waals surface area contributed by atoms with Gasteiger partial charge in [-0.1, -0.05) is 114 Å². The number of quaternary nitrogens is 1. The molecule has 0 aliphatic rings. The van der Waals surface area contributed by atoms with Gasteiger partial charge in [0.1, 0.15) is 15.7 Å². The van der Waals surface area contributed by atoms with Gasteiger partial charge in [-0.25, -0.2) is 0 Å². The molecule has 0 bridgehead atoms. The Hall–Kier alpha value is -0.720. The van der Waals surface area contributed by atoms with Gasteiger partial charge in [-0.05, 0) is 12.8 Å². The average Bonchev–Trinajstić information content (AvgIpc) is 2.70. The third-order valence-corrected chi connectivity index (χ3v) is 5.57. The number of hydrogen-bond donors (Lipinski definition) is 0. The minimum atomic E-state index is 1.11. The first kappa shape index (κ1) is 27.3. The first-order chi connectivity index (χ1) is 13.6. The number of hydrogen-bond acceptors (Lipinski definition) is 1. The Kier molecular flexibility index (Phi) is 19.1. The fraction of sp³-hybridized carbons (Fsp3) is 0.760. The van der Waals surface area contributed by atoms with E-state index in [0.29, 0.717) is 0 Å². The van der Waals surface area contributed by atoms with Gasteiger partial charge in [0, 0.05) is 5.56 Å². The van der Waals surface area contributed by atoms with Crippen molar-refractivity contribution in [2.75, 3.05) is 20.6 Å². The van der Waals surface area contributed by atoms with Crippen LogP contribution in [0.15, 0.2) is 30.3 Å². The van der Waals surface area contributed by atoms with Crippen LogP contribution in [0.4, 0.5) is 0 Å². The van der Waals surface area contributed by atoms with Crippen LogP contribution in [0, 0.1) is 0 Å². The van der Waals surface area contributed by atoms with Gasteiger partial charge in [0.15, 0.2) is 0 Å². The van der Waals surface area contributed by atoms with Gasteiger partial charge in [0.2, 0.25) is 0 Å². The zero-order chi connectivity index (χ0) is 20.9. The van der Waals surface area contributed by atoms with E-state index in [1.54, 1.807) is 9.12 Å². The summed E-state index contributed by atoms with van der Waals surface area (Å²) in [6.07, 6.45) is 20.2. The van der Waals surface area contributed by atoms with Crippen LogP contribution >= 0.6 is 9.12 Å². The molecule has 0 aliphatic carbocycles. The normalized spacial score (nSPS) is 11.1. The van der Waals surface area contributed by atoms with E-state index in [9.17, 15) is 0 Å². The topological polar surface area (TPSA) is 17.1 Å². The second kappa shape index (κ2) is 19.6. The predicted octanol–water partition coefficient (Wildman–Crippen LogP) is 8.22. The molecular formula is C25H47NOP+. The first-order valence-corrected chi connectivity index (χ1v) is 12.1. The summed E-state index contributed by atoms with van der Waals surface area (Å²) in [5, 5.41) is 0. The zero-order valence-corrected chi connectivity index (χ0v) is 20.1. The summed E-state index contributed by atoms with van der Waals surface area (Å²) < 4.78 is 9.17. The number of benzene rings is 1. The van der Waals surface area contributed by atoms with Gasteiger partial charge >= 0.3 is 0 Å². The van der Waals surface area contributed by atoms with Crippen LogP contribution in [0.25, 0.3) is 0 Å². The van der Waals surface area contributed by atoms with Crippen molar-refractivity contribution in [1.29, 1.82) is 0 Å². The monoisotopic (exact) mass is 408 g/mol. The summed E-state index contributed by atoms with van der Waals surface area (Å²) in [6.45, 7) is 4.75. The lowest BCUT2D eigenvalue weighted by molar-refractivity contribution is -0.903. The Balaban J connectivity index is 0.00000352. The fourth-order valence-corrected chi connectivity index (χ4v) is 3.89. The molecule has 0 saturated carbocycles. The zero-order valence-electron chi connectivity index (χ0n) is 19.1. The van der Waals surface area contributed by atoms with Crippen molar-refractivity contribution >= 4 is 9.12 Å². The third-order valence-electron chi connectivity index (χ3n) is 5.57. The van der Waals surface area contributed by atoms with E-state index >= 15 is 0 Å². The first-order valence-electron chi connectivity index (χ1n) is 11.7. The summed E-state index contributed by atoms with van der Waals surface area (Å²) >= 11 is 0. The van der Waals surface area contributed by atoms with Crippen LogP contribution < -0.4 is 0 Å². The second-order valence-electron chi connectivity index (χ2n) is 8.90.